The minimum absolute atomic E-state index is 0.297. The SMILES string of the molecule is [C-]#[N+]C(C)(C)OCCC(C)(C(=O)OC)c1cccc(I)c1. The lowest BCUT2D eigenvalue weighted by Crippen LogP contribution is -2.36. The molecule has 114 valence electrons. The number of benzene rings is 1. The number of hydrogen-bond donors (Lipinski definition) is 0. The first-order chi connectivity index (χ1) is 9.75. The number of rotatable bonds is 6. The molecular formula is C16H20INO3. The molecule has 1 atom stereocenters. The van der Waals surface area contributed by atoms with Gasteiger partial charge in [0.05, 0.1) is 19.1 Å². The summed E-state index contributed by atoms with van der Waals surface area (Å²) in [5.74, 6) is -0.297. The Morgan fingerprint density at radius 2 is 2.05 bits per heavy atom. The summed E-state index contributed by atoms with van der Waals surface area (Å²) in [6.45, 7) is 12.6. The molecule has 0 radical (unpaired) electrons. The number of halogens is 1. The minimum atomic E-state index is -0.873. The molecule has 0 bridgehead atoms. The van der Waals surface area contributed by atoms with Crippen LogP contribution < -0.4 is 0 Å². The van der Waals surface area contributed by atoms with Crippen LogP contribution >= 0.6 is 22.6 Å². The maximum Gasteiger partial charge on any atom is 0.331 e. The lowest BCUT2D eigenvalue weighted by atomic mass is 9.80. The number of methoxy groups -OCH3 is 1. The fourth-order valence-electron chi connectivity index (χ4n) is 1.96. The lowest BCUT2D eigenvalue weighted by Gasteiger charge is -2.28. The van der Waals surface area contributed by atoms with Crippen LogP contribution in [-0.2, 0) is 19.7 Å². The van der Waals surface area contributed by atoms with Gasteiger partial charge in [0.25, 0.3) is 0 Å². The topological polar surface area (TPSA) is 39.9 Å². The maximum atomic E-state index is 12.2. The highest BCUT2D eigenvalue weighted by molar-refractivity contribution is 14.1. The molecule has 1 rings (SSSR count). The zero-order chi connectivity index (χ0) is 16.1. The summed E-state index contributed by atoms with van der Waals surface area (Å²) in [4.78, 5) is 15.6. The Morgan fingerprint density at radius 3 is 2.57 bits per heavy atom. The average molecular weight is 401 g/mol. The van der Waals surface area contributed by atoms with Crippen molar-refractivity contribution in [2.75, 3.05) is 13.7 Å². The summed E-state index contributed by atoms with van der Waals surface area (Å²) in [7, 11) is 1.39. The molecule has 0 amide bonds. The van der Waals surface area contributed by atoms with Gasteiger partial charge in [-0.15, -0.1) is 0 Å². The van der Waals surface area contributed by atoms with E-state index in [1.54, 1.807) is 13.8 Å². The smallest absolute Gasteiger partial charge is 0.331 e. The third-order valence-electron chi connectivity index (χ3n) is 3.42. The summed E-state index contributed by atoms with van der Waals surface area (Å²) in [5.41, 5.74) is -0.763. The van der Waals surface area contributed by atoms with E-state index in [0.717, 1.165) is 9.13 Å². The average Bonchev–Trinajstić information content (AvgIpc) is 2.46. The van der Waals surface area contributed by atoms with E-state index in [1.807, 2.05) is 31.2 Å². The second-order valence-corrected chi connectivity index (χ2v) is 6.74. The zero-order valence-electron chi connectivity index (χ0n) is 12.8. The van der Waals surface area contributed by atoms with Crippen molar-refractivity contribution < 1.29 is 14.3 Å². The van der Waals surface area contributed by atoms with Crippen molar-refractivity contribution in [2.24, 2.45) is 0 Å². The van der Waals surface area contributed by atoms with Crippen molar-refractivity contribution in [1.82, 2.24) is 0 Å². The molecule has 0 aliphatic rings. The number of nitrogens with zero attached hydrogens (tertiary/aromatic N) is 1. The summed E-state index contributed by atoms with van der Waals surface area (Å²) in [5, 5.41) is 0. The van der Waals surface area contributed by atoms with Crippen LogP contribution in [0.15, 0.2) is 24.3 Å². The molecule has 5 heteroatoms. The number of esters is 1. The highest BCUT2D eigenvalue weighted by atomic mass is 127. The van der Waals surface area contributed by atoms with Crippen LogP contribution in [0.2, 0.25) is 0 Å². The van der Waals surface area contributed by atoms with Gasteiger partial charge in [0.2, 0.25) is 0 Å². The number of hydrogen-bond acceptors (Lipinski definition) is 3. The largest absolute Gasteiger partial charge is 0.468 e. The van der Waals surface area contributed by atoms with Crippen LogP contribution in [-0.4, -0.2) is 25.4 Å². The van der Waals surface area contributed by atoms with E-state index in [4.69, 9.17) is 16.0 Å². The number of carbonyl (C=O) groups excluding carboxylic acids is 1. The van der Waals surface area contributed by atoms with Crippen LogP contribution in [0.1, 0.15) is 32.8 Å². The molecule has 0 aliphatic heterocycles. The van der Waals surface area contributed by atoms with Crippen molar-refractivity contribution in [3.63, 3.8) is 0 Å². The number of ether oxygens (including phenoxy) is 2. The Balaban J connectivity index is 2.96. The van der Waals surface area contributed by atoms with Gasteiger partial charge < -0.3 is 9.47 Å². The minimum Gasteiger partial charge on any atom is -0.468 e. The summed E-state index contributed by atoms with van der Waals surface area (Å²) >= 11 is 2.21. The second-order valence-electron chi connectivity index (χ2n) is 5.49. The summed E-state index contributed by atoms with van der Waals surface area (Å²) in [6, 6.07) is 7.78. The van der Waals surface area contributed by atoms with Crippen molar-refractivity contribution in [2.45, 2.75) is 38.3 Å². The van der Waals surface area contributed by atoms with Gasteiger partial charge in [-0.3, -0.25) is 9.64 Å². The Bertz CT molecular complexity index is 551. The third-order valence-corrected chi connectivity index (χ3v) is 4.10. The van der Waals surface area contributed by atoms with Gasteiger partial charge in [0.15, 0.2) is 0 Å². The van der Waals surface area contributed by atoms with Crippen LogP contribution in [0.3, 0.4) is 0 Å². The van der Waals surface area contributed by atoms with Gasteiger partial charge in [-0.25, -0.2) is 6.57 Å². The third kappa shape index (κ3) is 4.68. The van der Waals surface area contributed by atoms with Gasteiger partial charge in [-0.2, -0.15) is 0 Å². The first kappa shape index (κ1) is 17.9. The highest BCUT2D eigenvalue weighted by Crippen LogP contribution is 2.31. The summed E-state index contributed by atoms with van der Waals surface area (Å²) < 4.78 is 11.6. The highest BCUT2D eigenvalue weighted by Gasteiger charge is 2.37. The van der Waals surface area contributed by atoms with Gasteiger partial charge in [0.1, 0.15) is 0 Å². The maximum absolute atomic E-state index is 12.2. The first-order valence-corrected chi connectivity index (χ1v) is 7.70. The Kier molecular flexibility index (Phi) is 6.17. The molecule has 0 saturated carbocycles. The monoisotopic (exact) mass is 401 g/mol. The molecule has 0 spiro atoms. The van der Waals surface area contributed by atoms with Crippen molar-refractivity contribution >= 4 is 28.6 Å². The zero-order valence-corrected chi connectivity index (χ0v) is 14.9. The Morgan fingerprint density at radius 1 is 1.38 bits per heavy atom. The van der Waals surface area contributed by atoms with Crippen LogP contribution in [0, 0.1) is 10.1 Å². The molecular weight excluding hydrogens is 381 g/mol. The molecule has 21 heavy (non-hydrogen) atoms. The van der Waals surface area contributed by atoms with E-state index in [9.17, 15) is 4.79 Å². The van der Waals surface area contributed by atoms with Gasteiger partial charge in [-0.1, -0.05) is 12.1 Å². The van der Waals surface area contributed by atoms with E-state index >= 15 is 0 Å². The van der Waals surface area contributed by atoms with Gasteiger partial charge in [0, 0.05) is 17.4 Å². The standard InChI is InChI=1S/C16H20INO3/c1-15(2,18-4)21-10-9-16(3,14(19)20-5)12-7-6-8-13(17)11-12/h6-8,11H,9-10H2,1-3,5H3. The molecule has 0 aromatic heterocycles. The van der Waals surface area contributed by atoms with Crippen molar-refractivity contribution in [3.8, 4) is 0 Å². The van der Waals surface area contributed by atoms with E-state index < -0.39 is 11.1 Å². The second kappa shape index (κ2) is 7.23. The van der Waals surface area contributed by atoms with Crippen LogP contribution in [0.4, 0.5) is 0 Å². The fraction of sp³-hybridized carbons (Fsp3) is 0.500. The van der Waals surface area contributed by atoms with Crippen LogP contribution in [0.25, 0.3) is 4.85 Å². The van der Waals surface area contributed by atoms with E-state index in [2.05, 4.69) is 27.4 Å². The normalized spacial score (nSPS) is 14.1. The molecule has 0 saturated heterocycles. The van der Waals surface area contributed by atoms with E-state index in [1.165, 1.54) is 7.11 Å². The molecule has 1 aromatic rings. The van der Waals surface area contributed by atoms with Crippen molar-refractivity contribution in [1.29, 1.82) is 0 Å². The Labute approximate surface area is 139 Å². The molecule has 4 nitrogen and oxygen atoms in total. The van der Waals surface area contributed by atoms with E-state index in [-0.39, 0.29) is 5.97 Å². The first-order valence-electron chi connectivity index (χ1n) is 6.62. The molecule has 1 unspecified atom stereocenters. The molecule has 0 aliphatic carbocycles. The van der Waals surface area contributed by atoms with Crippen LogP contribution in [0.5, 0.6) is 0 Å². The predicted octanol–water partition coefficient (Wildman–Crippen LogP) is 3.78. The Hall–Kier alpha value is -1.13. The molecule has 0 heterocycles. The van der Waals surface area contributed by atoms with Crippen molar-refractivity contribution in [3.05, 3.63) is 44.8 Å². The predicted molar refractivity (Wildman–Crippen MR) is 89.8 cm³/mol. The fourth-order valence-corrected chi connectivity index (χ4v) is 2.50. The number of carbonyl (C=O) groups is 1. The van der Waals surface area contributed by atoms with Gasteiger partial charge in [-0.05, 0) is 53.6 Å². The molecule has 0 N–H and O–H groups in total. The quantitative estimate of drug-likeness (QED) is 0.414. The molecule has 1 aromatic carbocycles. The molecule has 0 fully saturated rings. The van der Waals surface area contributed by atoms with E-state index in [0.29, 0.717) is 13.0 Å². The summed E-state index contributed by atoms with van der Waals surface area (Å²) in [6.07, 6.45) is 0.457. The van der Waals surface area contributed by atoms with Gasteiger partial charge >= 0.3 is 11.7 Å². The lowest BCUT2D eigenvalue weighted by molar-refractivity contribution is -0.148.